The number of ether oxygens (including phenoxy) is 3. The minimum absolute atomic E-state index is 0.0174. The van der Waals surface area contributed by atoms with Gasteiger partial charge in [-0.1, -0.05) is 64.1 Å². The van der Waals surface area contributed by atoms with Crippen LogP contribution in [0.1, 0.15) is 57.2 Å². The van der Waals surface area contributed by atoms with Gasteiger partial charge in [0.25, 0.3) is 5.91 Å². The average molecular weight is 819 g/mol. The fourth-order valence-corrected chi connectivity index (χ4v) is 6.63. The van der Waals surface area contributed by atoms with Crippen molar-refractivity contribution >= 4 is 29.7 Å². The Hall–Kier alpha value is -5.63. The summed E-state index contributed by atoms with van der Waals surface area (Å²) >= 11 is 0. The van der Waals surface area contributed by atoms with E-state index in [0.29, 0.717) is 30.6 Å². The Labute approximate surface area is 348 Å². The molecule has 3 aromatic carbocycles. The summed E-state index contributed by atoms with van der Waals surface area (Å²) in [6, 6.07) is 16.1. The van der Waals surface area contributed by atoms with Gasteiger partial charge in [-0.3, -0.25) is 24.1 Å². The number of methoxy groups -OCH3 is 2. The Morgan fingerprint density at radius 1 is 0.661 bits per heavy atom. The van der Waals surface area contributed by atoms with Crippen LogP contribution >= 0.6 is 0 Å². The van der Waals surface area contributed by atoms with Gasteiger partial charge in [0.15, 0.2) is 6.10 Å². The van der Waals surface area contributed by atoms with E-state index in [0.717, 1.165) is 11.1 Å². The molecule has 14 heteroatoms. The van der Waals surface area contributed by atoms with Crippen LogP contribution in [-0.2, 0) is 52.7 Å². The standard InChI is InChI=1S/C45H62N4O10/c1-11-29(4)40(59-45(56)38(47(5)6)27-32-16-23-35(57-9)24-17-32)41(52)46-39(28(2)3)43(54)49(8)37(26-31-14-21-34(51)22-15-31)42(53)48(7)36(44(55)58-10)25-18-30-12-19-33(50)20-13-30/h12-17,19-24,28-29,36-40,50-51H,11,18,25-27H2,1-10H3,(H,46,52)/t29-,36+,37+,38+,39+,40-/m0/s1. The van der Waals surface area contributed by atoms with Crippen LogP contribution < -0.4 is 10.1 Å². The Kier molecular flexibility index (Phi) is 18.2. The van der Waals surface area contributed by atoms with Crippen molar-refractivity contribution in [2.45, 2.75) is 90.1 Å². The van der Waals surface area contributed by atoms with Crippen molar-refractivity contribution < 1.29 is 48.4 Å². The lowest BCUT2D eigenvalue weighted by Gasteiger charge is -2.36. The van der Waals surface area contributed by atoms with E-state index in [4.69, 9.17) is 14.2 Å². The molecule has 0 aromatic heterocycles. The molecular formula is C45H62N4O10. The zero-order valence-electron chi connectivity index (χ0n) is 36.0. The van der Waals surface area contributed by atoms with Crippen molar-refractivity contribution in [2.75, 3.05) is 42.4 Å². The lowest BCUT2D eigenvalue weighted by Crippen LogP contribution is -2.59. The quantitative estimate of drug-likeness (QED) is 0.130. The van der Waals surface area contributed by atoms with Crippen LogP contribution in [-0.4, -0.2) is 127 Å². The smallest absolute Gasteiger partial charge is 0.328 e. The third kappa shape index (κ3) is 13.5. The molecule has 322 valence electrons. The molecule has 0 aliphatic heterocycles. The van der Waals surface area contributed by atoms with Gasteiger partial charge in [-0.2, -0.15) is 0 Å². The number of likely N-dealkylation sites (N-methyl/N-ethyl adjacent to an activating group) is 3. The summed E-state index contributed by atoms with van der Waals surface area (Å²) in [7, 11) is 9.27. The highest BCUT2D eigenvalue weighted by Gasteiger charge is 2.40. The normalized spacial score (nSPS) is 14.3. The maximum absolute atomic E-state index is 14.5. The molecule has 0 saturated heterocycles. The molecule has 3 aromatic rings. The summed E-state index contributed by atoms with van der Waals surface area (Å²) in [6.07, 6.45) is 0.193. The Morgan fingerprint density at radius 3 is 1.63 bits per heavy atom. The molecule has 0 bridgehead atoms. The fraction of sp³-hybridized carbons (Fsp3) is 0.489. The van der Waals surface area contributed by atoms with Crippen molar-refractivity contribution in [3.05, 3.63) is 89.5 Å². The van der Waals surface area contributed by atoms with Crippen LogP contribution in [0.5, 0.6) is 17.2 Å². The van der Waals surface area contributed by atoms with Gasteiger partial charge in [-0.05, 0) is 98.8 Å². The molecule has 0 aliphatic carbocycles. The second-order valence-electron chi connectivity index (χ2n) is 15.5. The Bertz CT molecular complexity index is 1830. The number of hydrogen-bond donors (Lipinski definition) is 3. The second-order valence-corrected chi connectivity index (χ2v) is 15.5. The highest BCUT2D eigenvalue weighted by molar-refractivity contribution is 5.95. The molecule has 6 atom stereocenters. The SMILES string of the molecule is CC[C@H](C)[C@H](OC(=O)[C@@H](Cc1ccc(OC)cc1)N(C)C)C(=O)N[C@@H](C(=O)N(C)[C@H](Cc1ccc(O)cc1)C(=O)N(C)[C@H](CCc1ccc(O)cc1)C(=O)OC)C(C)C. The number of nitrogens with zero attached hydrogens (tertiary/aromatic N) is 3. The Morgan fingerprint density at radius 2 is 1.15 bits per heavy atom. The zero-order valence-corrected chi connectivity index (χ0v) is 36.0. The van der Waals surface area contributed by atoms with E-state index in [9.17, 15) is 34.2 Å². The van der Waals surface area contributed by atoms with Gasteiger partial charge >= 0.3 is 11.9 Å². The van der Waals surface area contributed by atoms with Gasteiger partial charge in [0.05, 0.1) is 14.2 Å². The summed E-state index contributed by atoms with van der Waals surface area (Å²) < 4.78 is 16.3. The third-order valence-corrected chi connectivity index (χ3v) is 10.8. The number of hydrogen-bond acceptors (Lipinski definition) is 11. The first kappa shape index (κ1) is 47.7. The molecule has 0 radical (unpaired) electrons. The zero-order chi connectivity index (χ0) is 44.0. The number of carbonyl (C=O) groups excluding carboxylic acids is 5. The molecule has 59 heavy (non-hydrogen) atoms. The maximum Gasteiger partial charge on any atom is 0.328 e. The monoisotopic (exact) mass is 818 g/mol. The van der Waals surface area contributed by atoms with Gasteiger partial charge < -0.3 is 39.5 Å². The van der Waals surface area contributed by atoms with Crippen LogP contribution in [0.2, 0.25) is 0 Å². The van der Waals surface area contributed by atoms with Crippen LogP contribution in [0.4, 0.5) is 0 Å². The molecule has 0 saturated carbocycles. The fourth-order valence-electron chi connectivity index (χ4n) is 6.63. The van der Waals surface area contributed by atoms with E-state index >= 15 is 0 Å². The largest absolute Gasteiger partial charge is 0.508 e. The van der Waals surface area contributed by atoms with Gasteiger partial charge in [0.2, 0.25) is 11.8 Å². The predicted molar refractivity (Wildman–Crippen MR) is 224 cm³/mol. The molecule has 3 rings (SSSR count). The lowest BCUT2D eigenvalue weighted by atomic mass is 9.96. The number of carbonyl (C=O) groups is 5. The average Bonchev–Trinajstić information content (AvgIpc) is 3.22. The minimum atomic E-state index is -1.22. The molecular weight excluding hydrogens is 757 g/mol. The number of nitrogens with one attached hydrogen (secondary N) is 1. The molecule has 14 nitrogen and oxygen atoms in total. The van der Waals surface area contributed by atoms with Crippen LogP contribution in [0, 0.1) is 11.8 Å². The van der Waals surface area contributed by atoms with Crippen molar-refractivity contribution in [2.24, 2.45) is 11.8 Å². The number of aromatic hydroxyl groups is 2. The first-order chi connectivity index (χ1) is 27.9. The van der Waals surface area contributed by atoms with Crippen molar-refractivity contribution in [3.8, 4) is 17.2 Å². The summed E-state index contributed by atoms with van der Waals surface area (Å²) in [6.45, 7) is 7.20. The predicted octanol–water partition coefficient (Wildman–Crippen LogP) is 4.38. The number of phenols is 2. The maximum atomic E-state index is 14.5. The van der Waals surface area contributed by atoms with Crippen LogP contribution in [0.3, 0.4) is 0 Å². The number of benzene rings is 3. The van der Waals surface area contributed by atoms with Crippen LogP contribution in [0.15, 0.2) is 72.8 Å². The van der Waals surface area contributed by atoms with E-state index in [-0.39, 0.29) is 24.3 Å². The van der Waals surface area contributed by atoms with E-state index in [1.165, 1.54) is 55.3 Å². The number of aryl methyl sites for hydroxylation is 1. The van der Waals surface area contributed by atoms with Gasteiger partial charge in [-0.15, -0.1) is 0 Å². The molecule has 0 fully saturated rings. The van der Waals surface area contributed by atoms with Gasteiger partial charge in [0.1, 0.15) is 41.4 Å². The molecule has 3 amide bonds. The highest BCUT2D eigenvalue weighted by Crippen LogP contribution is 2.22. The first-order valence-electron chi connectivity index (χ1n) is 19.9. The number of amides is 3. The summed E-state index contributed by atoms with van der Waals surface area (Å²) in [5.74, 6) is -3.06. The van der Waals surface area contributed by atoms with Crippen molar-refractivity contribution in [1.82, 2.24) is 20.0 Å². The number of rotatable bonds is 21. The van der Waals surface area contributed by atoms with E-state index in [1.807, 2.05) is 19.1 Å². The van der Waals surface area contributed by atoms with Gasteiger partial charge in [0, 0.05) is 26.4 Å². The van der Waals surface area contributed by atoms with Crippen LogP contribution in [0.25, 0.3) is 0 Å². The molecule has 0 aliphatic rings. The van der Waals surface area contributed by atoms with Gasteiger partial charge in [-0.25, -0.2) is 4.79 Å². The van der Waals surface area contributed by atoms with Crippen molar-refractivity contribution in [1.29, 1.82) is 0 Å². The molecule has 3 N–H and O–H groups in total. The molecule has 0 spiro atoms. The number of esters is 2. The minimum Gasteiger partial charge on any atom is -0.508 e. The lowest BCUT2D eigenvalue weighted by molar-refractivity contribution is -0.164. The van der Waals surface area contributed by atoms with E-state index in [2.05, 4.69) is 5.32 Å². The topological polar surface area (TPSA) is 175 Å². The molecule has 0 heterocycles. The number of phenolic OH excluding ortho intramolecular Hbond substituents is 2. The summed E-state index contributed by atoms with van der Waals surface area (Å²) in [4.78, 5) is 74.3. The second kappa shape index (κ2) is 22.5. The summed E-state index contributed by atoms with van der Waals surface area (Å²) in [5.41, 5.74) is 2.33. The third-order valence-electron chi connectivity index (χ3n) is 10.8. The first-order valence-corrected chi connectivity index (χ1v) is 19.9. The Balaban J connectivity index is 1.90. The van der Waals surface area contributed by atoms with E-state index in [1.54, 1.807) is 83.3 Å². The van der Waals surface area contributed by atoms with E-state index < -0.39 is 71.8 Å². The highest BCUT2D eigenvalue weighted by atomic mass is 16.6. The van der Waals surface area contributed by atoms with Crippen molar-refractivity contribution in [3.63, 3.8) is 0 Å². The molecule has 0 unspecified atom stereocenters. The summed E-state index contributed by atoms with van der Waals surface area (Å²) in [5, 5.41) is 22.5.